The minimum absolute atomic E-state index is 0.0101. The Bertz CT molecular complexity index is 450. The van der Waals surface area contributed by atoms with E-state index in [4.69, 9.17) is 4.74 Å². The van der Waals surface area contributed by atoms with Crippen molar-refractivity contribution in [3.05, 3.63) is 18.2 Å². The van der Waals surface area contributed by atoms with E-state index in [1.807, 2.05) is 38.6 Å². The third-order valence-electron chi connectivity index (χ3n) is 3.11. The molecule has 1 aliphatic rings. The number of alkyl carbamates (subject to hydrolysis) is 1. The molecule has 6 heteroatoms. The average Bonchev–Trinajstić information content (AvgIpc) is 2.83. The van der Waals surface area contributed by atoms with Gasteiger partial charge in [-0.1, -0.05) is 0 Å². The molecule has 0 aromatic carbocycles. The first-order chi connectivity index (χ1) is 8.87. The van der Waals surface area contributed by atoms with Crippen molar-refractivity contribution in [3.63, 3.8) is 0 Å². The Morgan fingerprint density at radius 1 is 1.53 bits per heavy atom. The lowest BCUT2D eigenvalue weighted by molar-refractivity contribution is 0.0504. The predicted octanol–water partition coefficient (Wildman–Crippen LogP) is 1.00. The van der Waals surface area contributed by atoms with Gasteiger partial charge in [0.15, 0.2) is 0 Å². The average molecular weight is 266 g/mol. The van der Waals surface area contributed by atoms with Crippen molar-refractivity contribution in [2.45, 2.75) is 38.3 Å². The number of nitrogens with one attached hydrogen (secondary N) is 2. The Hall–Kier alpha value is -1.56. The molecule has 0 aliphatic carbocycles. The summed E-state index contributed by atoms with van der Waals surface area (Å²) in [7, 11) is 1.96. The Labute approximate surface area is 113 Å². The Morgan fingerprint density at radius 2 is 2.26 bits per heavy atom. The number of rotatable bonds is 2. The molecule has 0 spiro atoms. The summed E-state index contributed by atoms with van der Waals surface area (Å²) >= 11 is 0. The van der Waals surface area contributed by atoms with E-state index < -0.39 is 5.60 Å². The molecule has 0 saturated carbocycles. The van der Waals surface area contributed by atoms with Crippen LogP contribution in [-0.4, -0.2) is 40.4 Å². The van der Waals surface area contributed by atoms with Gasteiger partial charge in [0.25, 0.3) is 0 Å². The Morgan fingerprint density at radius 3 is 2.84 bits per heavy atom. The van der Waals surface area contributed by atoms with Crippen LogP contribution in [0.5, 0.6) is 0 Å². The van der Waals surface area contributed by atoms with Crippen LogP contribution in [0, 0.1) is 0 Å². The monoisotopic (exact) mass is 266 g/mol. The highest BCUT2D eigenvalue weighted by Gasteiger charge is 2.33. The molecule has 2 rings (SSSR count). The lowest BCUT2D eigenvalue weighted by Gasteiger charge is -2.24. The molecule has 0 radical (unpaired) electrons. The molecule has 1 saturated heterocycles. The summed E-state index contributed by atoms with van der Waals surface area (Å²) < 4.78 is 7.28. The SMILES string of the molecule is Cn1ccnc1C1CNCC1NC(=O)OC(C)(C)C. The minimum Gasteiger partial charge on any atom is -0.444 e. The van der Waals surface area contributed by atoms with Gasteiger partial charge in [-0.2, -0.15) is 0 Å². The molecule has 1 aliphatic heterocycles. The van der Waals surface area contributed by atoms with Gasteiger partial charge in [0.1, 0.15) is 11.4 Å². The lowest BCUT2D eigenvalue weighted by atomic mass is 10.0. The highest BCUT2D eigenvalue weighted by Crippen LogP contribution is 2.21. The zero-order chi connectivity index (χ0) is 14.0. The number of hydrogen-bond donors (Lipinski definition) is 2. The van der Waals surface area contributed by atoms with Gasteiger partial charge in [-0.15, -0.1) is 0 Å². The topological polar surface area (TPSA) is 68.2 Å². The van der Waals surface area contributed by atoms with E-state index >= 15 is 0 Å². The molecule has 106 valence electrons. The molecule has 6 nitrogen and oxygen atoms in total. The van der Waals surface area contributed by atoms with E-state index in [1.165, 1.54) is 0 Å². The molecule has 0 bridgehead atoms. The molecule has 2 N–H and O–H groups in total. The van der Waals surface area contributed by atoms with Crippen molar-refractivity contribution in [1.82, 2.24) is 20.2 Å². The lowest BCUT2D eigenvalue weighted by Crippen LogP contribution is -2.42. The van der Waals surface area contributed by atoms with E-state index in [0.29, 0.717) is 0 Å². The van der Waals surface area contributed by atoms with E-state index in [1.54, 1.807) is 6.20 Å². The number of carbonyl (C=O) groups is 1. The predicted molar refractivity (Wildman–Crippen MR) is 72.0 cm³/mol. The van der Waals surface area contributed by atoms with Crippen molar-refractivity contribution >= 4 is 6.09 Å². The third kappa shape index (κ3) is 3.47. The molecule has 19 heavy (non-hydrogen) atoms. The van der Waals surface area contributed by atoms with Crippen LogP contribution in [0.3, 0.4) is 0 Å². The van der Waals surface area contributed by atoms with Crippen LogP contribution in [-0.2, 0) is 11.8 Å². The van der Waals surface area contributed by atoms with Crippen molar-refractivity contribution in [1.29, 1.82) is 0 Å². The van der Waals surface area contributed by atoms with E-state index in [-0.39, 0.29) is 18.1 Å². The molecule has 1 amide bonds. The zero-order valence-corrected chi connectivity index (χ0v) is 11.9. The second kappa shape index (κ2) is 5.21. The van der Waals surface area contributed by atoms with Gasteiger partial charge in [-0.3, -0.25) is 0 Å². The van der Waals surface area contributed by atoms with Gasteiger partial charge >= 0.3 is 6.09 Å². The van der Waals surface area contributed by atoms with Crippen LogP contribution in [0.2, 0.25) is 0 Å². The number of carbonyl (C=O) groups excluding carboxylic acids is 1. The number of imidazole rings is 1. The fourth-order valence-corrected chi connectivity index (χ4v) is 2.30. The highest BCUT2D eigenvalue weighted by molar-refractivity contribution is 5.68. The molecule has 2 heterocycles. The molecular formula is C13H22N4O2. The number of ether oxygens (including phenoxy) is 1. The Kier molecular flexibility index (Phi) is 3.80. The fourth-order valence-electron chi connectivity index (χ4n) is 2.30. The summed E-state index contributed by atoms with van der Waals surface area (Å²) in [6.45, 7) is 7.11. The zero-order valence-electron chi connectivity index (χ0n) is 11.9. The van der Waals surface area contributed by atoms with E-state index in [2.05, 4.69) is 15.6 Å². The minimum atomic E-state index is -0.477. The maximum atomic E-state index is 11.8. The van der Waals surface area contributed by atoms with Crippen molar-refractivity contribution in [2.75, 3.05) is 13.1 Å². The number of nitrogens with zero attached hydrogens (tertiary/aromatic N) is 2. The molecular weight excluding hydrogens is 244 g/mol. The van der Waals surface area contributed by atoms with Crippen LogP contribution in [0.4, 0.5) is 4.79 Å². The Balaban J connectivity index is 2.00. The normalized spacial score (nSPS) is 23.4. The van der Waals surface area contributed by atoms with Gasteiger partial charge < -0.3 is 19.9 Å². The molecule has 1 aromatic rings. The molecule has 1 aromatic heterocycles. The number of hydrogen-bond acceptors (Lipinski definition) is 4. The second-order valence-electron chi connectivity index (χ2n) is 5.91. The van der Waals surface area contributed by atoms with Crippen molar-refractivity contribution < 1.29 is 9.53 Å². The second-order valence-corrected chi connectivity index (χ2v) is 5.91. The van der Waals surface area contributed by atoms with E-state index in [9.17, 15) is 4.79 Å². The maximum absolute atomic E-state index is 11.8. The van der Waals surface area contributed by atoms with Crippen LogP contribution in [0.25, 0.3) is 0 Å². The molecule has 1 fully saturated rings. The number of aryl methyl sites for hydroxylation is 1. The number of aromatic nitrogens is 2. The van der Waals surface area contributed by atoms with Gasteiger partial charge in [0.2, 0.25) is 0 Å². The molecule has 2 unspecified atom stereocenters. The third-order valence-corrected chi connectivity index (χ3v) is 3.11. The van der Waals surface area contributed by atoms with E-state index in [0.717, 1.165) is 18.9 Å². The summed E-state index contributed by atoms with van der Waals surface area (Å²) in [6, 6.07) is 0.0101. The number of amides is 1. The van der Waals surface area contributed by atoms with Gasteiger partial charge in [-0.05, 0) is 20.8 Å². The van der Waals surface area contributed by atoms with Crippen molar-refractivity contribution in [2.24, 2.45) is 7.05 Å². The first-order valence-corrected chi connectivity index (χ1v) is 6.54. The van der Waals surface area contributed by atoms with Gasteiger partial charge in [0.05, 0.1) is 12.0 Å². The smallest absolute Gasteiger partial charge is 0.407 e. The quantitative estimate of drug-likeness (QED) is 0.838. The van der Waals surface area contributed by atoms with Gasteiger partial charge in [-0.25, -0.2) is 9.78 Å². The first-order valence-electron chi connectivity index (χ1n) is 6.54. The van der Waals surface area contributed by atoms with Crippen LogP contribution >= 0.6 is 0 Å². The largest absolute Gasteiger partial charge is 0.444 e. The standard InChI is InChI=1S/C13H22N4O2/c1-13(2,3)19-12(18)16-10-8-14-7-9(10)11-15-5-6-17(11)4/h5-6,9-10,14H,7-8H2,1-4H3,(H,16,18). The fraction of sp³-hybridized carbons (Fsp3) is 0.692. The van der Waals surface area contributed by atoms with Crippen LogP contribution < -0.4 is 10.6 Å². The summed E-state index contributed by atoms with van der Waals surface area (Å²) in [6.07, 6.45) is 3.32. The molecule has 2 atom stereocenters. The highest BCUT2D eigenvalue weighted by atomic mass is 16.6. The maximum Gasteiger partial charge on any atom is 0.407 e. The summed E-state index contributed by atoms with van der Waals surface area (Å²) in [4.78, 5) is 16.2. The first kappa shape index (κ1) is 13.9. The van der Waals surface area contributed by atoms with Crippen LogP contribution in [0.1, 0.15) is 32.5 Å². The summed E-state index contributed by atoms with van der Waals surface area (Å²) in [5, 5.41) is 6.21. The summed E-state index contributed by atoms with van der Waals surface area (Å²) in [5.41, 5.74) is -0.477. The van der Waals surface area contributed by atoms with Crippen LogP contribution in [0.15, 0.2) is 12.4 Å². The van der Waals surface area contributed by atoms with Gasteiger partial charge in [0, 0.05) is 32.5 Å². The van der Waals surface area contributed by atoms with Crippen molar-refractivity contribution in [3.8, 4) is 0 Å². The summed E-state index contributed by atoms with van der Waals surface area (Å²) in [5.74, 6) is 1.15.